The first-order valence-corrected chi connectivity index (χ1v) is 7.21. The monoisotopic (exact) mass is 291 g/mol. The molecular weight excluding hydrogens is 270 g/mol. The van der Waals surface area contributed by atoms with Crippen LogP contribution in [0.2, 0.25) is 0 Å². The summed E-state index contributed by atoms with van der Waals surface area (Å²) in [4.78, 5) is 23.4. The maximum absolute atomic E-state index is 12.2. The van der Waals surface area contributed by atoms with Gasteiger partial charge in [-0.05, 0) is 18.4 Å². The minimum Gasteiger partial charge on any atom is -0.492 e. The molecule has 2 N–H and O–H groups in total. The second-order valence-corrected chi connectivity index (χ2v) is 5.81. The molecule has 1 heterocycles. The highest BCUT2D eigenvalue weighted by Crippen LogP contribution is 2.33. The zero-order valence-electron chi connectivity index (χ0n) is 12.3. The van der Waals surface area contributed by atoms with Crippen molar-refractivity contribution in [3.05, 3.63) is 29.8 Å². The van der Waals surface area contributed by atoms with Gasteiger partial charge in [0, 0.05) is 12.1 Å². The number of nitrogens with one attached hydrogen (secondary N) is 1. The molecule has 0 saturated heterocycles. The molecule has 1 aromatic rings. The molecule has 21 heavy (non-hydrogen) atoms. The Kier molecular flexibility index (Phi) is 4.83. The van der Waals surface area contributed by atoms with Gasteiger partial charge in [-0.3, -0.25) is 9.59 Å². The maximum atomic E-state index is 12.2. The average molecular weight is 291 g/mol. The van der Waals surface area contributed by atoms with Crippen LogP contribution in [0.4, 0.5) is 0 Å². The smallest absolute Gasteiger partial charge is 0.308 e. The van der Waals surface area contributed by atoms with Crippen LogP contribution < -0.4 is 10.1 Å². The molecular formula is C16H21NO4. The van der Waals surface area contributed by atoms with Crippen molar-refractivity contribution in [3.8, 4) is 5.75 Å². The van der Waals surface area contributed by atoms with Crippen LogP contribution >= 0.6 is 0 Å². The van der Waals surface area contributed by atoms with Gasteiger partial charge in [0.25, 0.3) is 0 Å². The number of ether oxygens (including phenoxy) is 1. The Morgan fingerprint density at radius 3 is 2.76 bits per heavy atom. The zero-order valence-corrected chi connectivity index (χ0v) is 12.3. The summed E-state index contributed by atoms with van der Waals surface area (Å²) in [7, 11) is 0. The van der Waals surface area contributed by atoms with Gasteiger partial charge in [0.05, 0.1) is 5.92 Å². The summed E-state index contributed by atoms with van der Waals surface area (Å²) in [6.07, 6.45) is 0.549. The van der Waals surface area contributed by atoms with E-state index in [1.54, 1.807) is 0 Å². The van der Waals surface area contributed by atoms with Crippen molar-refractivity contribution in [1.29, 1.82) is 0 Å². The summed E-state index contributed by atoms with van der Waals surface area (Å²) < 4.78 is 5.47. The van der Waals surface area contributed by atoms with Crippen molar-refractivity contribution in [1.82, 2.24) is 5.32 Å². The first kappa shape index (κ1) is 15.4. The van der Waals surface area contributed by atoms with Crippen LogP contribution in [0.25, 0.3) is 0 Å². The van der Waals surface area contributed by atoms with Crippen molar-refractivity contribution >= 4 is 11.9 Å². The highest BCUT2D eigenvalue weighted by molar-refractivity contribution is 5.86. The van der Waals surface area contributed by atoms with Gasteiger partial charge in [0.15, 0.2) is 0 Å². The molecule has 1 aliphatic rings. The number of carboxylic acid groups (broad SMARTS) is 1. The first-order valence-electron chi connectivity index (χ1n) is 7.21. The van der Waals surface area contributed by atoms with Gasteiger partial charge in [-0.15, -0.1) is 0 Å². The Labute approximate surface area is 124 Å². The minimum absolute atomic E-state index is 0.158. The van der Waals surface area contributed by atoms with Crippen molar-refractivity contribution in [2.24, 2.45) is 11.8 Å². The second kappa shape index (κ2) is 6.61. The van der Waals surface area contributed by atoms with Gasteiger partial charge in [-0.1, -0.05) is 32.0 Å². The third-order valence-electron chi connectivity index (χ3n) is 3.64. The molecule has 2 rings (SSSR count). The summed E-state index contributed by atoms with van der Waals surface area (Å²) in [5.41, 5.74) is 0.866. The molecule has 0 saturated carbocycles. The fourth-order valence-corrected chi connectivity index (χ4v) is 2.57. The van der Waals surface area contributed by atoms with Crippen LogP contribution in [0.3, 0.4) is 0 Å². The Balaban J connectivity index is 1.95. The first-order chi connectivity index (χ1) is 9.99. The lowest BCUT2D eigenvalue weighted by Crippen LogP contribution is -2.36. The average Bonchev–Trinajstić information content (AvgIpc) is 2.86. The SMILES string of the molecule is CC(C)CC(CNC(=O)C1COc2ccccc21)C(=O)O. The van der Waals surface area contributed by atoms with Crippen LogP contribution in [-0.2, 0) is 9.59 Å². The number of hydrogen-bond donors (Lipinski definition) is 2. The van der Waals surface area contributed by atoms with Gasteiger partial charge >= 0.3 is 5.97 Å². The summed E-state index contributed by atoms with van der Waals surface area (Å²) in [5.74, 6) is -0.934. The van der Waals surface area contributed by atoms with E-state index in [4.69, 9.17) is 4.74 Å². The molecule has 5 heteroatoms. The van der Waals surface area contributed by atoms with Crippen molar-refractivity contribution in [2.75, 3.05) is 13.2 Å². The third kappa shape index (κ3) is 3.74. The van der Waals surface area contributed by atoms with E-state index in [2.05, 4.69) is 5.32 Å². The fraction of sp³-hybridized carbons (Fsp3) is 0.500. The van der Waals surface area contributed by atoms with Crippen LogP contribution in [0, 0.1) is 11.8 Å². The van der Waals surface area contributed by atoms with E-state index in [1.165, 1.54) is 0 Å². The number of hydrogen-bond acceptors (Lipinski definition) is 3. The lowest BCUT2D eigenvalue weighted by molar-refractivity contribution is -0.142. The van der Waals surface area contributed by atoms with E-state index in [0.717, 1.165) is 11.3 Å². The number of benzene rings is 1. The molecule has 5 nitrogen and oxygen atoms in total. The Hall–Kier alpha value is -2.04. The summed E-state index contributed by atoms with van der Waals surface area (Å²) >= 11 is 0. The van der Waals surface area contributed by atoms with E-state index < -0.39 is 11.9 Å². The summed E-state index contributed by atoms with van der Waals surface area (Å²) in [5, 5.41) is 11.9. The Morgan fingerprint density at radius 1 is 1.38 bits per heavy atom. The molecule has 2 atom stereocenters. The molecule has 1 amide bonds. The van der Waals surface area contributed by atoms with E-state index in [9.17, 15) is 14.7 Å². The highest BCUT2D eigenvalue weighted by atomic mass is 16.5. The van der Waals surface area contributed by atoms with Crippen LogP contribution in [-0.4, -0.2) is 30.1 Å². The van der Waals surface area contributed by atoms with Crippen molar-refractivity contribution in [2.45, 2.75) is 26.2 Å². The lowest BCUT2D eigenvalue weighted by atomic mass is 9.96. The standard InChI is InChI=1S/C16H21NO4/c1-10(2)7-11(16(19)20)8-17-15(18)13-9-21-14-6-4-3-5-12(13)14/h3-6,10-11,13H,7-9H2,1-2H3,(H,17,18)(H,19,20). The molecule has 0 spiro atoms. The number of carboxylic acids is 1. The predicted molar refractivity (Wildman–Crippen MR) is 78.3 cm³/mol. The highest BCUT2D eigenvalue weighted by Gasteiger charge is 2.30. The molecule has 2 unspecified atom stereocenters. The minimum atomic E-state index is -0.868. The number of para-hydroxylation sites is 1. The number of carbonyl (C=O) groups excluding carboxylic acids is 1. The Morgan fingerprint density at radius 2 is 2.10 bits per heavy atom. The van der Waals surface area contributed by atoms with Crippen molar-refractivity contribution < 1.29 is 19.4 Å². The second-order valence-electron chi connectivity index (χ2n) is 5.81. The molecule has 114 valence electrons. The molecule has 0 radical (unpaired) electrons. The number of fused-ring (bicyclic) bond motifs is 1. The van der Waals surface area contributed by atoms with Gasteiger partial charge in [-0.25, -0.2) is 0 Å². The molecule has 0 aromatic heterocycles. The van der Waals surface area contributed by atoms with Gasteiger partial charge < -0.3 is 15.2 Å². The van der Waals surface area contributed by atoms with Gasteiger partial charge in [0.2, 0.25) is 5.91 Å². The molecule has 0 aliphatic carbocycles. The van der Waals surface area contributed by atoms with Crippen LogP contribution in [0.15, 0.2) is 24.3 Å². The topological polar surface area (TPSA) is 75.6 Å². The van der Waals surface area contributed by atoms with E-state index in [-0.39, 0.29) is 24.3 Å². The van der Waals surface area contributed by atoms with E-state index in [1.807, 2.05) is 38.1 Å². The summed E-state index contributed by atoms with van der Waals surface area (Å²) in [6, 6.07) is 7.44. The van der Waals surface area contributed by atoms with Gasteiger partial charge in [-0.2, -0.15) is 0 Å². The zero-order chi connectivity index (χ0) is 15.4. The maximum Gasteiger partial charge on any atom is 0.308 e. The molecule has 1 aromatic carbocycles. The number of aliphatic carboxylic acids is 1. The van der Waals surface area contributed by atoms with E-state index in [0.29, 0.717) is 13.0 Å². The molecule has 1 aliphatic heterocycles. The quantitative estimate of drug-likeness (QED) is 0.841. The third-order valence-corrected chi connectivity index (χ3v) is 3.64. The van der Waals surface area contributed by atoms with Crippen molar-refractivity contribution in [3.63, 3.8) is 0 Å². The molecule has 0 bridgehead atoms. The number of amides is 1. The number of carbonyl (C=O) groups is 2. The largest absolute Gasteiger partial charge is 0.492 e. The fourth-order valence-electron chi connectivity index (χ4n) is 2.57. The Bertz CT molecular complexity index is 527. The predicted octanol–water partition coefficient (Wildman–Crippen LogP) is 2.03. The summed E-state index contributed by atoms with van der Waals surface area (Å²) in [6.45, 7) is 4.41. The lowest BCUT2D eigenvalue weighted by Gasteiger charge is -2.17. The molecule has 0 fully saturated rings. The number of rotatable bonds is 6. The van der Waals surface area contributed by atoms with Crippen LogP contribution in [0.1, 0.15) is 31.7 Å². The normalized spacial score (nSPS) is 18.0. The van der Waals surface area contributed by atoms with E-state index >= 15 is 0 Å². The van der Waals surface area contributed by atoms with Crippen LogP contribution in [0.5, 0.6) is 5.75 Å². The van der Waals surface area contributed by atoms with Gasteiger partial charge in [0.1, 0.15) is 18.3 Å².